The average Bonchev–Trinajstić information content (AvgIpc) is 3.29. The van der Waals surface area contributed by atoms with Gasteiger partial charge in [0.25, 0.3) is 0 Å². The number of nitrogens with zero attached hydrogens (tertiary/aromatic N) is 1. The number of amides is 1. The maximum Gasteiger partial charge on any atom is 0.325 e. The van der Waals surface area contributed by atoms with Crippen LogP contribution in [0, 0.1) is 6.92 Å². The molecule has 21 heavy (non-hydrogen) atoms. The first-order valence-corrected chi connectivity index (χ1v) is 7.60. The van der Waals surface area contributed by atoms with Gasteiger partial charge >= 0.3 is 5.97 Å². The Bertz CT molecular complexity index is 491. The second-order valence-electron chi connectivity index (χ2n) is 5.54. The molecule has 0 radical (unpaired) electrons. The maximum absolute atomic E-state index is 12.3. The van der Waals surface area contributed by atoms with E-state index >= 15 is 0 Å². The molecule has 0 heterocycles. The predicted octanol–water partition coefficient (Wildman–Crippen LogP) is 2.48. The molecular weight excluding hydrogens is 266 g/mol. The second kappa shape index (κ2) is 7.25. The summed E-state index contributed by atoms with van der Waals surface area (Å²) < 4.78 is 4.94. The van der Waals surface area contributed by atoms with Crippen molar-refractivity contribution in [3.63, 3.8) is 0 Å². The van der Waals surface area contributed by atoms with Crippen LogP contribution in [-0.2, 0) is 20.7 Å². The molecule has 1 amide bonds. The van der Waals surface area contributed by atoms with Crippen LogP contribution in [0.5, 0.6) is 0 Å². The summed E-state index contributed by atoms with van der Waals surface area (Å²) in [5.41, 5.74) is 2.37. The molecule has 0 aromatic heterocycles. The van der Waals surface area contributed by atoms with Crippen LogP contribution in [0.25, 0.3) is 0 Å². The molecule has 4 nitrogen and oxygen atoms in total. The number of hydrogen-bond donors (Lipinski definition) is 0. The summed E-state index contributed by atoms with van der Waals surface area (Å²) in [7, 11) is 0. The van der Waals surface area contributed by atoms with Crippen molar-refractivity contribution in [2.75, 3.05) is 13.2 Å². The van der Waals surface area contributed by atoms with Crippen molar-refractivity contribution in [3.05, 3.63) is 35.4 Å². The number of esters is 1. The molecule has 1 saturated carbocycles. The van der Waals surface area contributed by atoms with Gasteiger partial charge in [-0.2, -0.15) is 0 Å². The van der Waals surface area contributed by atoms with Crippen molar-refractivity contribution in [3.8, 4) is 0 Å². The van der Waals surface area contributed by atoms with Gasteiger partial charge in [0.15, 0.2) is 0 Å². The van der Waals surface area contributed by atoms with E-state index in [1.807, 2.05) is 6.92 Å². The number of aryl methyl sites for hydroxylation is 2. The SMILES string of the molecule is CCOC(=O)CN(C(=O)CCc1ccc(C)cc1)C1CC1. The molecule has 0 aliphatic heterocycles. The normalized spacial score (nSPS) is 13.8. The summed E-state index contributed by atoms with van der Waals surface area (Å²) in [6.45, 7) is 4.27. The lowest BCUT2D eigenvalue weighted by molar-refractivity contribution is -0.149. The molecule has 1 aliphatic carbocycles. The molecule has 1 aromatic carbocycles. The summed E-state index contributed by atoms with van der Waals surface area (Å²) in [6, 6.07) is 8.44. The van der Waals surface area contributed by atoms with Gasteiger partial charge in [-0.3, -0.25) is 9.59 Å². The summed E-state index contributed by atoms with van der Waals surface area (Å²) in [5, 5.41) is 0. The zero-order chi connectivity index (χ0) is 15.2. The number of ether oxygens (including phenoxy) is 1. The number of hydrogen-bond acceptors (Lipinski definition) is 3. The van der Waals surface area contributed by atoms with Crippen LogP contribution in [-0.4, -0.2) is 36.0 Å². The molecule has 0 unspecified atom stereocenters. The highest BCUT2D eigenvalue weighted by molar-refractivity contribution is 5.82. The fourth-order valence-electron chi connectivity index (χ4n) is 2.30. The van der Waals surface area contributed by atoms with E-state index in [1.165, 1.54) is 5.56 Å². The van der Waals surface area contributed by atoms with Crippen molar-refractivity contribution in [2.45, 2.75) is 45.6 Å². The predicted molar refractivity (Wildman–Crippen MR) is 80.9 cm³/mol. The largest absolute Gasteiger partial charge is 0.465 e. The van der Waals surface area contributed by atoms with Crippen LogP contribution in [0.15, 0.2) is 24.3 Å². The van der Waals surface area contributed by atoms with Gasteiger partial charge < -0.3 is 9.64 Å². The van der Waals surface area contributed by atoms with E-state index in [1.54, 1.807) is 11.8 Å². The van der Waals surface area contributed by atoms with Crippen molar-refractivity contribution < 1.29 is 14.3 Å². The lowest BCUT2D eigenvalue weighted by atomic mass is 10.1. The Morgan fingerprint density at radius 3 is 2.48 bits per heavy atom. The Balaban J connectivity index is 1.86. The van der Waals surface area contributed by atoms with Crippen molar-refractivity contribution in [2.24, 2.45) is 0 Å². The maximum atomic E-state index is 12.3. The van der Waals surface area contributed by atoms with E-state index in [2.05, 4.69) is 24.3 Å². The van der Waals surface area contributed by atoms with Gasteiger partial charge in [-0.05, 0) is 38.7 Å². The third kappa shape index (κ3) is 4.88. The standard InChI is InChI=1S/C17H23NO3/c1-3-21-17(20)12-18(15-9-10-15)16(19)11-8-14-6-4-13(2)5-7-14/h4-7,15H,3,8-12H2,1-2H3. The van der Waals surface area contributed by atoms with Crippen molar-refractivity contribution in [1.82, 2.24) is 4.90 Å². The van der Waals surface area contributed by atoms with Gasteiger partial charge in [-0.1, -0.05) is 29.8 Å². The quantitative estimate of drug-likeness (QED) is 0.724. The second-order valence-corrected chi connectivity index (χ2v) is 5.54. The Morgan fingerprint density at radius 1 is 1.24 bits per heavy atom. The smallest absolute Gasteiger partial charge is 0.325 e. The third-order valence-electron chi connectivity index (χ3n) is 3.66. The molecule has 0 N–H and O–H groups in total. The molecule has 1 aliphatic rings. The minimum absolute atomic E-state index is 0.0473. The van der Waals surface area contributed by atoms with Crippen LogP contribution in [0.3, 0.4) is 0 Å². The highest BCUT2D eigenvalue weighted by Gasteiger charge is 2.33. The fourth-order valence-corrected chi connectivity index (χ4v) is 2.30. The third-order valence-corrected chi connectivity index (χ3v) is 3.66. The average molecular weight is 289 g/mol. The highest BCUT2D eigenvalue weighted by atomic mass is 16.5. The van der Waals surface area contributed by atoms with E-state index in [9.17, 15) is 9.59 Å². The fraction of sp³-hybridized carbons (Fsp3) is 0.529. The topological polar surface area (TPSA) is 46.6 Å². The minimum Gasteiger partial charge on any atom is -0.465 e. The van der Waals surface area contributed by atoms with Gasteiger partial charge in [0, 0.05) is 12.5 Å². The van der Waals surface area contributed by atoms with Crippen LogP contribution in [0.2, 0.25) is 0 Å². The molecule has 4 heteroatoms. The molecule has 0 atom stereocenters. The summed E-state index contributed by atoms with van der Waals surface area (Å²) in [6.07, 6.45) is 3.15. The minimum atomic E-state index is -0.312. The first-order chi connectivity index (χ1) is 10.1. The molecule has 0 saturated heterocycles. The molecule has 1 fully saturated rings. The van der Waals surface area contributed by atoms with E-state index < -0.39 is 0 Å². The summed E-state index contributed by atoms with van der Waals surface area (Å²) >= 11 is 0. The van der Waals surface area contributed by atoms with E-state index in [-0.39, 0.29) is 24.5 Å². The van der Waals surface area contributed by atoms with Gasteiger partial charge in [0.2, 0.25) is 5.91 Å². The van der Waals surface area contributed by atoms with E-state index in [4.69, 9.17) is 4.74 Å². The number of carbonyl (C=O) groups excluding carboxylic acids is 2. The molecule has 0 spiro atoms. The molecule has 1 aromatic rings. The van der Waals surface area contributed by atoms with E-state index in [0.717, 1.165) is 18.4 Å². The van der Waals surface area contributed by atoms with Gasteiger partial charge in [-0.15, -0.1) is 0 Å². The Morgan fingerprint density at radius 2 is 1.90 bits per heavy atom. The number of carbonyl (C=O) groups is 2. The van der Waals surface area contributed by atoms with Gasteiger partial charge in [-0.25, -0.2) is 0 Å². The first-order valence-electron chi connectivity index (χ1n) is 7.60. The Labute approximate surface area is 126 Å². The first kappa shape index (κ1) is 15.5. The lowest BCUT2D eigenvalue weighted by Gasteiger charge is -2.21. The molecule has 114 valence electrons. The zero-order valence-corrected chi connectivity index (χ0v) is 12.8. The number of benzene rings is 1. The van der Waals surface area contributed by atoms with Gasteiger partial charge in [0.05, 0.1) is 6.61 Å². The molecular formula is C17H23NO3. The number of rotatable bonds is 7. The van der Waals surface area contributed by atoms with Crippen molar-refractivity contribution >= 4 is 11.9 Å². The van der Waals surface area contributed by atoms with Crippen LogP contribution < -0.4 is 0 Å². The van der Waals surface area contributed by atoms with Crippen molar-refractivity contribution in [1.29, 1.82) is 0 Å². The summed E-state index contributed by atoms with van der Waals surface area (Å²) in [5.74, 6) is -0.265. The monoisotopic (exact) mass is 289 g/mol. The molecule has 0 bridgehead atoms. The van der Waals surface area contributed by atoms with Gasteiger partial charge in [0.1, 0.15) is 6.54 Å². The summed E-state index contributed by atoms with van der Waals surface area (Å²) in [4.78, 5) is 25.6. The Hall–Kier alpha value is -1.84. The Kier molecular flexibility index (Phi) is 5.37. The molecule has 2 rings (SSSR count). The zero-order valence-electron chi connectivity index (χ0n) is 12.8. The van der Waals surface area contributed by atoms with Crippen LogP contribution in [0.1, 0.15) is 37.3 Å². The van der Waals surface area contributed by atoms with E-state index in [0.29, 0.717) is 19.4 Å². The van der Waals surface area contributed by atoms with Crippen LogP contribution in [0.4, 0.5) is 0 Å². The lowest BCUT2D eigenvalue weighted by Crippen LogP contribution is -2.38. The highest BCUT2D eigenvalue weighted by Crippen LogP contribution is 2.27. The van der Waals surface area contributed by atoms with Crippen LogP contribution >= 0.6 is 0 Å².